The van der Waals surface area contributed by atoms with Crippen LogP contribution in [-0.2, 0) is 16.0 Å². The fourth-order valence-corrected chi connectivity index (χ4v) is 2.62. The monoisotopic (exact) mass is 304 g/mol. The summed E-state index contributed by atoms with van der Waals surface area (Å²) in [5.41, 5.74) is 8.09. The number of nitrogen functional groups attached to an aromatic ring is 1. The molecular weight excluding hydrogens is 284 g/mol. The number of hydrogen-bond acceptors (Lipinski definition) is 4. The van der Waals surface area contributed by atoms with Gasteiger partial charge < -0.3 is 15.8 Å². The molecular formula is C16H20N2O2S. The Labute approximate surface area is 128 Å². The molecule has 1 amide bonds. The van der Waals surface area contributed by atoms with Crippen molar-refractivity contribution in [3.8, 4) is 0 Å². The molecule has 0 fully saturated rings. The molecule has 0 aliphatic rings. The number of hydrogen-bond donors (Lipinski definition) is 2. The quantitative estimate of drug-likeness (QED) is 0.805. The summed E-state index contributed by atoms with van der Waals surface area (Å²) in [5, 5.41) is 4.90. The second-order valence-electron chi connectivity index (χ2n) is 4.91. The van der Waals surface area contributed by atoms with Crippen LogP contribution in [0.3, 0.4) is 0 Å². The molecule has 1 heterocycles. The molecule has 0 bridgehead atoms. The number of benzene rings is 1. The van der Waals surface area contributed by atoms with E-state index in [1.54, 1.807) is 30.4 Å². The maximum atomic E-state index is 12.1. The molecule has 0 aliphatic heterocycles. The van der Waals surface area contributed by atoms with E-state index in [-0.39, 0.29) is 5.91 Å². The zero-order valence-corrected chi connectivity index (χ0v) is 13.1. The van der Waals surface area contributed by atoms with Crippen molar-refractivity contribution in [2.75, 3.05) is 17.7 Å². The molecule has 21 heavy (non-hydrogen) atoms. The minimum absolute atomic E-state index is 0.144. The van der Waals surface area contributed by atoms with Crippen molar-refractivity contribution in [3.05, 3.63) is 46.2 Å². The average Bonchev–Trinajstić information content (AvgIpc) is 2.95. The minimum atomic E-state index is -0.484. The molecule has 1 unspecified atom stereocenters. The number of nitrogens with one attached hydrogen (secondary N) is 1. The molecule has 4 nitrogen and oxygen atoms in total. The summed E-state index contributed by atoms with van der Waals surface area (Å²) in [6, 6.07) is 9.49. The van der Waals surface area contributed by atoms with Crippen LogP contribution >= 0.6 is 11.3 Å². The largest absolute Gasteiger partial charge is 0.399 e. The topological polar surface area (TPSA) is 64.3 Å². The molecule has 0 radical (unpaired) electrons. The van der Waals surface area contributed by atoms with Crippen LogP contribution in [0.15, 0.2) is 35.7 Å². The first-order valence-electron chi connectivity index (χ1n) is 6.87. The summed E-state index contributed by atoms with van der Waals surface area (Å²) in [6.45, 7) is 4.21. The van der Waals surface area contributed by atoms with Gasteiger partial charge in [0.1, 0.15) is 6.10 Å². The van der Waals surface area contributed by atoms with E-state index in [4.69, 9.17) is 10.5 Å². The predicted molar refractivity (Wildman–Crippen MR) is 87.7 cm³/mol. The van der Waals surface area contributed by atoms with Crippen LogP contribution in [0.25, 0.3) is 0 Å². The Hall–Kier alpha value is -1.85. The summed E-state index contributed by atoms with van der Waals surface area (Å²) >= 11 is 1.70. The Balaban J connectivity index is 1.81. The van der Waals surface area contributed by atoms with Crippen molar-refractivity contribution in [3.63, 3.8) is 0 Å². The predicted octanol–water partition coefficient (Wildman–Crippen LogP) is 3.23. The van der Waals surface area contributed by atoms with Gasteiger partial charge in [0.15, 0.2) is 0 Å². The number of carbonyl (C=O) groups is 1. The van der Waals surface area contributed by atoms with E-state index in [1.807, 2.05) is 24.4 Å². The van der Waals surface area contributed by atoms with E-state index in [1.165, 1.54) is 4.88 Å². The second-order valence-corrected chi connectivity index (χ2v) is 5.94. The summed E-state index contributed by atoms with van der Waals surface area (Å²) in [4.78, 5) is 13.3. The Morgan fingerprint density at radius 1 is 1.43 bits per heavy atom. The lowest BCUT2D eigenvalue weighted by Crippen LogP contribution is -2.28. The number of anilines is 2. The lowest BCUT2D eigenvalue weighted by Gasteiger charge is -2.14. The zero-order chi connectivity index (χ0) is 15.2. The van der Waals surface area contributed by atoms with Crippen molar-refractivity contribution >= 4 is 28.6 Å². The number of carbonyl (C=O) groups excluding carboxylic acids is 1. The van der Waals surface area contributed by atoms with Crippen molar-refractivity contribution in [1.82, 2.24) is 0 Å². The highest BCUT2D eigenvalue weighted by atomic mass is 32.1. The first kappa shape index (κ1) is 15.5. The Morgan fingerprint density at radius 2 is 2.24 bits per heavy atom. The molecule has 1 aromatic heterocycles. The van der Waals surface area contributed by atoms with Gasteiger partial charge in [-0.05, 0) is 49.1 Å². The highest BCUT2D eigenvalue weighted by molar-refractivity contribution is 7.09. The number of rotatable bonds is 6. The van der Waals surface area contributed by atoms with Gasteiger partial charge in [0.25, 0.3) is 5.91 Å². The van der Waals surface area contributed by atoms with Crippen LogP contribution < -0.4 is 11.1 Å². The molecule has 2 aromatic rings. The molecule has 5 heteroatoms. The van der Waals surface area contributed by atoms with Gasteiger partial charge in [0, 0.05) is 22.7 Å². The van der Waals surface area contributed by atoms with Gasteiger partial charge in [-0.2, -0.15) is 0 Å². The van der Waals surface area contributed by atoms with E-state index >= 15 is 0 Å². The van der Waals surface area contributed by atoms with E-state index < -0.39 is 6.10 Å². The van der Waals surface area contributed by atoms with Crippen molar-refractivity contribution in [2.45, 2.75) is 26.4 Å². The number of amides is 1. The van der Waals surface area contributed by atoms with Crippen LogP contribution in [-0.4, -0.2) is 18.6 Å². The van der Waals surface area contributed by atoms with Crippen molar-refractivity contribution in [2.24, 2.45) is 0 Å². The fourth-order valence-electron chi connectivity index (χ4n) is 1.93. The van der Waals surface area contributed by atoms with Gasteiger partial charge >= 0.3 is 0 Å². The lowest BCUT2D eigenvalue weighted by molar-refractivity contribution is -0.126. The molecule has 0 aliphatic carbocycles. The van der Waals surface area contributed by atoms with E-state index in [0.717, 1.165) is 17.7 Å². The lowest BCUT2D eigenvalue weighted by atomic mass is 10.1. The molecule has 2 rings (SSSR count). The zero-order valence-electron chi connectivity index (χ0n) is 12.3. The number of aryl methyl sites for hydroxylation is 1. The van der Waals surface area contributed by atoms with Crippen molar-refractivity contribution in [1.29, 1.82) is 0 Å². The molecule has 1 atom stereocenters. The number of nitrogens with two attached hydrogens (primary N) is 1. The Morgan fingerprint density at radius 3 is 2.90 bits per heavy atom. The third-order valence-electron chi connectivity index (χ3n) is 3.17. The third kappa shape index (κ3) is 4.58. The molecule has 0 spiro atoms. The molecule has 112 valence electrons. The maximum Gasteiger partial charge on any atom is 0.253 e. The van der Waals surface area contributed by atoms with Crippen LogP contribution in [0.1, 0.15) is 17.4 Å². The second kappa shape index (κ2) is 7.24. The normalized spacial score (nSPS) is 12.1. The summed E-state index contributed by atoms with van der Waals surface area (Å²) < 4.78 is 5.58. The van der Waals surface area contributed by atoms with Gasteiger partial charge in [-0.15, -0.1) is 11.3 Å². The average molecular weight is 304 g/mol. The Kier molecular flexibility index (Phi) is 5.36. The summed E-state index contributed by atoms with van der Waals surface area (Å²) in [7, 11) is 0. The van der Waals surface area contributed by atoms with Crippen LogP contribution in [0.2, 0.25) is 0 Å². The number of thiophene rings is 1. The van der Waals surface area contributed by atoms with E-state index in [2.05, 4.69) is 11.4 Å². The first-order valence-corrected chi connectivity index (χ1v) is 7.75. The van der Waals surface area contributed by atoms with Crippen LogP contribution in [0.4, 0.5) is 11.4 Å². The standard InChI is InChI=1S/C16H20N2O2S/c1-11-10-13(17)5-6-15(11)18-16(19)12(2)20-8-7-14-4-3-9-21-14/h3-6,9-10,12H,7-8,17H2,1-2H3,(H,18,19). The van der Waals surface area contributed by atoms with Crippen LogP contribution in [0, 0.1) is 6.92 Å². The van der Waals surface area contributed by atoms with Gasteiger partial charge in [0.05, 0.1) is 6.61 Å². The van der Waals surface area contributed by atoms with Crippen molar-refractivity contribution < 1.29 is 9.53 Å². The third-order valence-corrected chi connectivity index (χ3v) is 4.11. The maximum absolute atomic E-state index is 12.1. The molecule has 0 saturated carbocycles. The highest BCUT2D eigenvalue weighted by Crippen LogP contribution is 2.18. The SMILES string of the molecule is Cc1cc(N)ccc1NC(=O)C(C)OCCc1cccs1. The highest BCUT2D eigenvalue weighted by Gasteiger charge is 2.14. The van der Waals surface area contributed by atoms with Gasteiger partial charge in [0.2, 0.25) is 0 Å². The number of ether oxygens (including phenoxy) is 1. The minimum Gasteiger partial charge on any atom is -0.399 e. The van der Waals surface area contributed by atoms with Crippen LogP contribution in [0.5, 0.6) is 0 Å². The van der Waals surface area contributed by atoms with E-state index in [0.29, 0.717) is 12.3 Å². The Bertz CT molecular complexity index is 596. The van der Waals surface area contributed by atoms with Gasteiger partial charge in [-0.25, -0.2) is 0 Å². The smallest absolute Gasteiger partial charge is 0.253 e. The fraction of sp³-hybridized carbons (Fsp3) is 0.312. The molecule has 1 aromatic carbocycles. The van der Waals surface area contributed by atoms with Gasteiger partial charge in [-0.1, -0.05) is 6.07 Å². The van der Waals surface area contributed by atoms with Gasteiger partial charge in [-0.3, -0.25) is 4.79 Å². The van der Waals surface area contributed by atoms with E-state index in [9.17, 15) is 4.79 Å². The summed E-state index contributed by atoms with van der Waals surface area (Å²) in [5.74, 6) is -0.144. The molecule has 0 saturated heterocycles. The molecule has 3 N–H and O–H groups in total. The summed E-state index contributed by atoms with van der Waals surface area (Å²) in [6.07, 6.45) is 0.345. The first-order chi connectivity index (χ1) is 10.1.